The molecular formula is C24H18F2N4O7S. The van der Waals surface area contributed by atoms with Gasteiger partial charge in [0.05, 0.1) is 7.11 Å². The van der Waals surface area contributed by atoms with Crippen LogP contribution in [0.2, 0.25) is 0 Å². The highest BCUT2D eigenvalue weighted by Crippen LogP contribution is 2.42. The molecule has 1 aromatic heterocycles. The van der Waals surface area contributed by atoms with Gasteiger partial charge in [-0.05, 0) is 23.3 Å². The van der Waals surface area contributed by atoms with Crippen LogP contribution in [0.25, 0.3) is 0 Å². The summed E-state index contributed by atoms with van der Waals surface area (Å²) in [5.74, 6) is -2.71. The summed E-state index contributed by atoms with van der Waals surface area (Å²) in [5, 5.41) is 6.49. The van der Waals surface area contributed by atoms with Crippen LogP contribution in [-0.2, 0) is 20.7 Å². The lowest BCUT2D eigenvalue weighted by molar-refractivity contribution is -0.286. The predicted molar refractivity (Wildman–Crippen MR) is 127 cm³/mol. The molecule has 0 aliphatic carbocycles. The van der Waals surface area contributed by atoms with Crippen molar-refractivity contribution in [2.24, 2.45) is 0 Å². The summed E-state index contributed by atoms with van der Waals surface area (Å²) in [7, 11) is 1.19. The lowest BCUT2D eigenvalue weighted by Crippen LogP contribution is -2.49. The Balaban J connectivity index is 1.41. The molecule has 38 heavy (non-hydrogen) atoms. The van der Waals surface area contributed by atoms with Gasteiger partial charge in [0.1, 0.15) is 12.1 Å². The average molecular weight is 544 g/mol. The number of carbonyl (C=O) groups is 4. The van der Waals surface area contributed by atoms with Crippen LogP contribution >= 0.6 is 11.3 Å². The van der Waals surface area contributed by atoms with E-state index >= 15 is 0 Å². The predicted octanol–water partition coefficient (Wildman–Crippen LogP) is 3.09. The topological polar surface area (TPSA) is 136 Å². The van der Waals surface area contributed by atoms with Gasteiger partial charge in [-0.15, -0.1) is 20.1 Å². The van der Waals surface area contributed by atoms with E-state index in [4.69, 9.17) is 0 Å². The number of halogens is 2. The Morgan fingerprint density at radius 1 is 1.18 bits per heavy atom. The number of aromatic nitrogens is 1. The fraction of sp³-hybridized carbons (Fsp3) is 0.208. The van der Waals surface area contributed by atoms with Crippen LogP contribution in [0.3, 0.4) is 0 Å². The van der Waals surface area contributed by atoms with Crippen molar-refractivity contribution in [3.63, 3.8) is 0 Å². The molecule has 0 radical (unpaired) electrons. The van der Waals surface area contributed by atoms with Gasteiger partial charge in [0.2, 0.25) is 5.91 Å². The Morgan fingerprint density at radius 3 is 2.66 bits per heavy atom. The summed E-state index contributed by atoms with van der Waals surface area (Å²) in [4.78, 5) is 56.3. The maximum absolute atomic E-state index is 13.4. The second-order valence-electron chi connectivity index (χ2n) is 8.19. The highest BCUT2D eigenvalue weighted by molar-refractivity contribution is 7.14. The number of nitrogens with zero attached hydrogens (tertiary/aromatic N) is 2. The normalized spacial score (nSPS) is 18.2. The van der Waals surface area contributed by atoms with Crippen molar-refractivity contribution in [3.8, 4) is 11.5 Å². The lowest BCUT2D eigenvalue weighted by Gasteiger charge is -2.24. The Kier molecular flexibility index (Phi) is 6.40. The fourth-order valence-electron chi connectivity index (χ4n) is 4.02. The van der Waals surface area contributed by atoms with Crippen molar-refractivity contribution in [2.75, 3.05) is 12.4 Å². The second kappa shape index (κ2) is 9.70. The Hall–Kier alpha value is -4.59. The van der Waals surface area contributed by atoms with Crippen LogP contribution in [0, 0.1) is 0 Å². The summed E-state index contributed by atoms with van der Waals surface area (Å²) in [6, 6.07) is 8.99. The summed E-state index contributed by atoms with van der Waals surface area (Å²) >= 11 is 0.963. The zero-order valence-corrected chi connectivity index (χ0v) is 20.3. The van der Waals surface area contributed by atoms with E-state index in [0.29, 0.717) is 5.56 Å². The van der Waals surface area contributed by atoms with Gasteiger partial charge in [-0.3, -0.25) is 9.59 Å². The van der Waals surface area contributed by atoms with Gasteiger partial charge >= 0.3 is 18.3 Å². The number of urea groups is 1. The summed E-state index contributed by atoms with van der Waals surface area (Å²) < 4.78 is 40.3. The van der Waals surface area contributed by atoms with Crippen molar-refractivity contribution in [1.29, 1.82) is 0 Å². The van der Waals surface area contributed by atoms with Gasteiger partial charge in [0.15, 0.2) is 22.3 Å². The number of alkyl halides is 2. The number of imide groups is 1. The van der Waals surface area contributed by atoms with Crippen molar-refractivity contribution in [2.45, 2.75) is 24.8 Å². The molecule has 0 bridgehead atoms. The van der Waals surface area contributed by atoms with E-state index in [-0.39, 0.29) is 34.3 Å². The van der Waals surface area contributed by atoms with Crippen LogP contribution < -0.4 is 20.1 Å². The SMILES string of the molecule is COC(=O)c1csc(NC(=O)[C@H](Cc2ccccc2)N2C(=O)NC(c3ccc4c(c3)OC(F)(F)O4)C2=O)n1. The van der Waals surface area contributed by atoms with Crippen LogP contribution in [-0.4, -0.2) is 53.1 Å². The highest BCUT2D eigenvalue weighted by atomic mass is 32.1. The number of fused-ring (bicyclic) bond motifs is 1. The first kappa shape index (κ1) is 25.1. The van der Waals surface area contributed by atoms with Crippen LogP contribution in [0.15, 0.2) is 53.9 Å². The number of benzene rings is 2. The molecule has 2 aliphatic rings. The molecule has 14 heteroatoms. The zero-order chi connectivity index (χ0) is 27.0. The minimum atomic E-state index is -3.85. The molecule has 5 rings (SSSR count). The van der Waals surface area contributed by atoms with E-state index in [0.717, 1.165) is 16.2 Å². The van der Waals surface area contributed by atoms with Gasteiger partial charge in [-0.2, -0.15) is 0 Å². The number of nitrogens with one attached hydrogen (secondary N) is 2. The molecule has 2 aliphatic heterocycles. The number of carbonyl (C=O) groups excluding carboxylic acids is 4. The number of rotatable bonds is 7. The molecule has 2 aromatic carbocycles. The van der Waals surface area contributed by atoms with Crippen molar-refractivity contribution >= 4 is 40.3 Å². The minimum Gasteiger partial charge on any atom is -0.464 e. The quantitative estimate of drug-likeness (QED) is 0.342. The number of amides is 4. The van der Waals surface area contributed by atoms with Crippen LogP contribution in [0.1, 0.15) is 27.7 Å². The fourth-order valence-corrected chi connectivity index (χ4v) is 4.70. The molecule has 11 nitrogen and oxygen atoms in total. The van der Waals surface area contributed by atoms with E-state index in [2.05, 4.69) is 29.8 Å². The minimum absolute atomic E-state index is 0.0177. The highest BCUT2D eigenvalue weighted by Gasteiger charge is 2.47. The standard InChI is InChI=1S/C24H18F2N4O7S/c1-35-21(33)14-11-38-22(27-14)29-19(31)15(9-12-5-3-2-4-6-12)30-20(32)18(28-23(30)34)13-7-8-16-17(10-13)37-24(25,26)36-16/h2-8,10-11,15,18H,9H2,1H3,(H,28,34)(H,27,29,31)/t15-,18?/m0/s1. The molecule has 1 fully saturated rings. The third kappa shape index (κ3) is 4.85. The monoisotopic (exact) mass is 544 g/mol. The molecule has 2 atom stereocenters. The number of ether oxygens (including phenoxy) is 3. The van der Waals surface area contributed by atoms with E-state index < -0.39 is 42.2 Å². The van der Waals surface area contributed by atoms with Gasteiger partial charge < -0.3 is 24.8 Å². The zero-order valence-electron chi connectivity index (χ0n) is 19.5. The maximum atomic E-state index is 13.4. The van der Waals surface area contributed by atoms with Gasteiger partial charge in [-0.25, -0.2) is 19.5 Å². The summed E-state index contributed by atoms with van der Waals surface area (Å²) in [5.41, 5.74) is 0.805. The van der Waals surface area contributed by atoms with Crippen LogP contribution in [0.5, 0.6) is 11.5 Å². The largest absolute Gasteiger partial charge is 0.586 e. The van der Waals surface area contributed by atoms with Crippen molar-refractivity contribution in [1.82, 2.24) is 15.2 Å². The Labute approximate surface area is 217 Å². The van der Waals surface area contributed by atoms with Gasteiger partial charge in [0, 0.05) is 11.8 Å². The number of anilines is 1. The summed E-state index contributed by atoms with van der Waals surface area (Å²) in [6.45, 7) is 0. The number of hydrogen-bond donors (Lipinski definition) is 2. The molecule has 2 N–H and O–H groups in total. The lowest BCUT2D eigenvalue weighted by atomic mass is 10.0. The third-order valence-corrected chi connectivity index (χ3v) is 6.50. The second-order valence-corrected chi connectivity index (χ2v) is 9.05. The number of methoxy groups -OCH3 is 1. The van der Waals surface area contributed by atoms with E-state index in [1.165, 1.54) is 30.7 Å². The molecule has 0 spiro atoms. The average Bonchev–Trinajstić information content (AvgIpc) is 3.56. The van der Waals surface area contributed by atoms with Gasteiger partial charge in [0.25, 0.3) is 5.91 Å². The van der Waals surface area contributed by atoms with Gasteiger partial charge in [-0.1, -0.05) is 36.4 Å². The third-order valence-electron chi connectivity index (χ3n) is 5.74. The van der Waals surface area contributed by atoms with Crippen molar-refractivity contribution < 1.29 is 42.2 Å². The van der Waals surface area contributed by atoms with E-state index in [9.17, 15) is 28.0 Å². The first-order chi connectivity index (χ1) is 18.1. The first-order valence-electron chi connectivity index (χ1n) is 11.1. The molecule has 0 saturated carbocycles. The molecule has 1 saturated heterocycles. The summed E-state index contributed by atoms with van der Waals surface area (Å²) in [6.07, 6.45) is -3.88. The Morgan fingerprint density at radius 2 is 1.92 bits per heavy atom. The van der Waals surface area contributed by atoms with Crippen LogP contribution in [0.4, 0.5) is 18.7 Å². The van der Waals surface area contributed by atoms with Crippen molar-refractivity contribution in [3.05, 3.63) is 70.7 Å². The number of esters is 1. The molecule has 196 valence electrons. The molecule has 4 amide bonds. The smallest absolute Gasteiger partial charge is 0.464 e. The number of hydrogen-bond acceptors (Lipinski definition) is 9. The number of thiazole rings is 1. The first-order valence-corrected chi connectivity index (χ1v) is 11.9. The molecular weight excluding hydrogens is 526 g/mol. The maximum Gasteiger partial charge on any atom is 0.586 e. The molecule has 1 unspecified atom stereocenters. The van der Waals surface area contributed by atoms with E-state index in [1.807, 2.05) is 0 Å². The molecule has 3 aromatic rings. The Bertz CT molecular complexity index is 1430. The molecule has 3 heterocycles. The van der Waals surface area contributed by atoms with E-state index in [1.54, 1.807) is 30.3 Å².